The highest BCUT2D eigenvalue weighted by molar-refractivity contribution is 7.90. The van der Waals surface area contributed by atoms with Gasteiger partial charge < -0.3 is 15.4 Å². The van der Waals surface area contributed by atoms with Gasteiger partial charge in [0.2, 0.25) is 0 Å². The van der Waals surface area contributed by atoms with E-state index in [2.05, 4.69) is 41.3 Å². The van der Waals surface area contributed by atoms with Gasteiger partial charge in [0.25, 0.3) is 0 Å². The van der Waals surface area contributed by atoms with Crippen molar-refractivity contribution in [1.82, 2.24) is 15.5 Å². The molecule has 0 bridgehead atoms. The molecule has 8 heteroatoms. The normalized spacial score (nSPS) is 23.0. The largest absolute Gasteiger partial charge is 0.378 e. The van der Waals surface area contributed by atoms with Crippen molar-refractivity contribution < 1.29 is 13.2 Å². The van der Waals surface area contributed by atoms with Crippen molar-refractivity contribution in [2.24, 2.45) is 10.9 Å². The number of nitrogens with zero attached hydrogens (tertiary/aromatic N) is 2. The Kier molecular flexibility index (Phi) is 9.01. The lowest BCUT2D eigenvalue weighted by atomic mass is 10.1. The molecule has 0 aromatic carbocycles. The standard InChI is InChI=1S/C16H34N4O3S/c1-6-17-16(18-7-8-23-9-10-24(5,21)22)19-15-12-20(13(2)3)11-14(15)4/h13-15H,6-12H2,1-5H3,(H2,17,18,19). The first-order valence-corrected chi connectivity index (χ1v) is 10.8. The topological polar surface area (TPSA) is 83.0 Å². The molecule has 1 heterocycles. The van der Waals surface area contributed by atoms with Crippen LogP contribution in [0.3, 0.4) is 0 Å². The Labute approximate surface area is 147 Å². The van der Waals surface area contributed by atoms with Crippen LogP contribution in [-0.4, -0.2) is 82.8 Å². The average molecular weight is 363 g/mol. The van der Waals surface area contributed by atoms with Crippen molar-refractivity contribution in [2.45, 2.75) is 39.8 Å². The minimum absolute atomic E-state index is 0.0552. The van der Waals surface area contributed by atoms with E-state index in [-0.39, 0.29) is 12.4 Å². The van der Waals surface area contributed by atoms with Crippen molar-refractivity contribution in [2.75, 3.05) is 51.4 Å². The SMILES string of the molecule is CCNC(=NCCOCCS(C)(=O)=O)NC1CN(C(C)C)CC1C. The molecule has 0 aromatic rings. The van der Waals surface area contributed by atoms with Crippen LogP contribution in [-0.2, 0) is 14.6 Å². The van der Waals surface area contributed by atoms with E-state index >= 15 is 0 Å². The summed E-state index contributed by atoms with van der Waals surface area (Å²) in [5.41, 5.74) is 0. The number of ether oxygens (including phenoxy) is 1. The number of hydrogen-bond donors (Lipinski definition) is 2. The van der Waals surface area contributed by atoms with Gasteiger partial charge in [-0.2, -0.15) is 0 Å². The molecule has 1 rings (SSSR count). The van der Waals surface area contributed by atoms with Crippen LogP contribution < -0.4 is 10.6 Å². The highest BCUT2D eigenvalue weighted by Gasteiger charge is 2.31. The van der Waals surface area contributed by atoms with Crippen molar-refractivity contribution >= 4 is 15.8 Å². The van der Waals surface area contributed by atoms with Gasteiger partial charge in [0.15, 0.2) is 5.96 Å². The maximum Gasteiger partial charge on any atom is 0.191 e. The molecule has 0 aliphatic carbocycles. The molecule has 2 N–H and O–H groups in total. The molecule has 1 aliphatic heterocycles. The maximum absolute atomic E-state index is 11.0. The molecule has 0 spiro atoms. The molecule has 142 valence electrons. The lowest BCUT2D eigenvalue weighted by Gasteiger charge is -2.21. The maximum atomic E-state index is 11.0. The van der Waals surface area contributed by atoms with E-state index in [0.717, 1.165) is 25.6 Å². The van der Waals surface area contributed by atoms with Crippen LogP contribution >= 0.6 is 0 Å². The van der Waals surface area contributed by atoms with Crippen LogP contribution in [0.1, 0.15) is 27.7 Å². The first-order valence-electron chi connectivity index (χ1n) is 8.77. The predicted molar refractivity (Wildman–Crippen MR) is 99.3 cm³/mol. The zero-order chi connectivity index (χ0) is 18.2. The van der Waals surface area contributed by atoms with Gasteiger partial charge in [-0.1, -0.05) is 6.92 Å². The van der Waals surface area contributed by atoms with Gasteiger partial charge >= 0.3 is 0 Å². The Bertz CT molecular complexity index is 494. The van der Waals surface area contributed by atoms with E-state index in [0.29, 0.717) is 31.2 Å². The second-order valence-corrected chi connectivity index (χ2v) is 9.04. The predicted octanol–water partition coefficient (Wildman–Crippen LogP) is 0.331. The molecule has 0 aromatic heterocycles. The molecule has 2 unspecified atom stereocenters. The summed E-state index contributed by atoms with van der Waals surface area (Å²) in [6, 6.07) is 0.943. The third-order valence-electron chi connectivity index (χ3n) is 4.14. The number of likely N-dealkylation sites (tertiary alicyclic amines) is 1. The highest BCUT2D eigenvalue weighted by atomic mass is 32.2. The Balaban J connectivity index is 2.40. The Morgan fingerprint density at radius 2 is 2.04 bits per heavy atom. The van der Waals surface area contributed by atoms with E-state index in [4.69, 9.17) is 4.74 Å². The van der Waals surface area contributed by atoms with Gasteiger partial charge in [-0.05, 0) is 26.7 Å². The molecule has 2 atom stereocenters. The van der Waals surface area contributed by atoms with E-state index in [1.54, 1.807) is 0 Å². The summed E-state index contributed by atoms with van der Waals surface area (Å²) >= 11 is 0. The number of nitrogens with one attached hydrogen (secondary N) is 2. The molecule has 0 radical (unpaired) electrons. The summed E-state index contributed by atoms with van der Waals surface area (Å²) in [5.74, 6) is 1.42. The van der Waals surface area contributed by atoms with Crippen molar-refractivity contribution in [1.29, 1.82) is 0 Å². The lowest BCUT2D eigenvalue weighted by Crippen LogP contribution is -2.47. The Morgan fingerprint density at radius 3 is 2.58 bits per heavy atom. The summed E-state index contributed by atoms with van der Waals surface area (Å²) in [5, 5.41) is 6.77. The van der Waals surface area contributed by atoms with Crippen LogP contribution in [0.2, 0.25) is 0 Å². The van der Waals surface area contributed by atoms with E-state index < -0.39 is 9.84 Å². The number of rotatable bonds is 9. The van der Waals surface area contributed by atoms with Crippen LogP contribution in [0.4, 0.5) is 0 Å². The number of guanidine groups is 1. The first kappa shape index (κ1) is 21.2. The summed E-state index contributed by atoms with van der Waals surface area (Å²) in [6.45, 7) is 12.8. The monoisotopic (exact) mass is 362 g/mol. The third-order valence-corrected chi connectivity index (χ3v) is 5.05. The number of sulfone groups is 1. The summed E-state index contributed by atoms with van der Waals surface area (Å²) < 4.78 is 27.4. The van der Waals surface area contributed by atoms with Crippen molar-refractivity contribution in [3.05, 3.63) is 0 Å². The van der Waals surface area contributed by atoms with E-state index in [1.807, 2.05) is 6.92 Å². The second kappa shape index (κ2) is 10.2. The smallest absolute Gasteiger partial charge is 0.191 e. The van der Waals surface area contributed by atoms with E-state index in [1.165, 1.54) is 6.26 Å². The van der Waals surface area contributed by atoms with E-state index in [9.17, 15) is 8.42 Å². The minimum Gasteiger partial charge on any atom is -0.378 e. The van der Waals surface area contributed by atoms with Gasteiger partial charge in [0.05, 0.1) is 25.5 Å². The quantitative estimate of drug-likeness (QED) is 0.349. The van der Waals surface area contributed by atoms with Crippen LogP contribution in [0.15, 0.2) is 4.99 Å². The second-order valence-electron chi connectivity index (χ2n) is 6.78. The summed E-state index contributed by atoms with van der Waals surface area (Å²) in [4.78, 5) is 6.99. The third kappa shape index (κ3) is 8.30. The average Bonchev–Trinajstić information content (AvgIpc) is 2.83. The minimum atomic E-state index is -2.96. The summed E-state index contributed by atoms with van der Waals surface area (Å²) in [7, 11) is -2.96. The molecule has 7 nitrogen and oxygen atoms in total. The molecule has 1 saturated heterocycles. The van der Waals surface area contributed by atoms with Gasteiger partial charge in [-0.25, -0.2) is 8.42 Å². The van der Waals surface area contributed by atoms with Gasteiger partial charge in [0, 0.05) is 38.0 Å². The molecule has 0 amide bonds. The van der Waals surface area contributed by atoms with Crippen molar-refractivity contribution in [3.8, 4) is 0 Å². The van der Waals surface area contributed by atoms with Crippen LogP contribution in [0.5, 0.6) is 0 Å². The zero-order valence-corrected chi connectivity index (χ0v) is 16.5. The number of aliphatic imine (C=N–C) groups is 1. The van der Waals surface area contributed by atoms with Gasteiger partial charge in [-0.3, -0.25) is 9.89 Å². The van der Waals surface area contributed by atoms with Gasteiger partial charge in [0.1, 0.15) is 9.84 Å². The lowest BCUT2D eigenvalue weighted by molar-refractivity contribution is 0.157. The Hall–Kier alpha value is -0.860. The molecule has 0 saturated carbocycles. The molecular weight excluding hydrogens is 328 g/mol. The number of hydrogen-bond acceptors (Lipinski definition) is 5. The molecular formula is C16H34N4O3S. The fourth-order valence-electron chi connectivity index (χ4n) is 2.64. The van der Waals surface area contributed by atoms with Crippen LogP contribution in [0, 0.1) is 5.92 Å². The van der Waals surface area contributed by atoms with Crippen molar-refractivity contribution in [3.63, 3.8) is 0 Å². The zero-order valence-electron chi connectivity index (χ0n) is 15.7. The van der Waals surface area contributed by atoms with Gasteiger partial charge in [-0.15, -0.1) is 0 Å². The molecule has 1 aliphatic rings. The highest BCUT2D eigenvalue weighted by Crippen LogP contribution is 2.18. The molecule has 24 heavy (non-hydrogen) atoms. The Morgan fingerprint density at radius 1 is 1.33 bits per heavy atom. The summed E-state index contributed by atoms with van der Waals surface area (Å²) in [6.07, 6.45) is 1.21. The fraction of sp³-hybridized carbons (Fsp3) is 0.938. The van der Waals surface area contributed by atoms with Crippen LogP contribution in [0.25, 0.3) is 0 Å². The fourth-order valence-corrected chi connectivity index (χ4v) is 3.06. The first-order chi connectivity index (χ1) is 11.2. The molecule has 1 fully saturated rings.